The van der Waals surface area contributed by atoms with E-state index in [1.54, 1.807) is 4.90 Å². The Balaban J connectivity index is 1.44. The zero-order chi connectivity index (χ0) is 19.9. The summed E-state index contributed by atoms with van der Waals surface area (Å²) < 4.78 is 2.08. The molecule has 2 aromatic rings. The zero-order valence-electron chi connectivity index (χ0n) is 17.1. The maximum absolute atomic E-state index is 13.1. The molecule has 1 N–H and O–H groups in total. The topological polar surface area (TPSA) is 67.2 Å². The first kappa shape index (κ1) is 19.0. The monoisotopic (exact) mass is 382 g/mol. The Labute approximate surface area is 166 Å². The van der Waals surface area contributed by atoms with Crippen molar-refractivity contribution in [3.8, 4) is 0 Å². The van der Waals surface area contributed by atoms with Crippen LogP contribution in [0, 0.1) is 5.41 Å². The van der Waals surface area contributed by atoms with E-state index in [1.807, 2.05) is 39.1 Å². The number of hydrogen-bond donors (Lipinski definition) is 1. The van der Waals surface area contributed by atoms with E-state index in [0.717, 1.165) is 49.0 Å². The van der Waals surface area contributed by atoms with Gasteiger partial charge in [0.15, 0.2) is 0 Å². The number of nitrogens with zero attached hydrogens (tertiary/aromatic N) is 3. The lowest BCUT2D eigenvalue weighted by Gasteiger charge is -2.58. The van der Waals surface area contributed by atoms with Gasteiger partial charge >= 0.3 is 0 Å². The molecule has 1 atom stereocenters. The summed E-state index contributed by atoms with van der Waals surface area (Å²) in [7, 11) is 2.01. The summed E-state index contributed by atoms with van der Waals surface area (Å²) in [6, 6.07) is 7.78. The van der Waals surface area contributed by atoms with E-state index in [1.165, 1.54) is 0 Å². The molecule has 4 rings (SSSR count). The fraction of sp³-hybridized carbons (Fsp3) is 0.591. The van der Waals surface area contributed by atoms with Crippen LogP contribution in [0.3, 0.4) is 0 Å². The lowest BCUT2D eigenvalue weighted by Crippen LogP contribution is -2.75. The van der Waals surface area contributed by atoms with Crippen molar-refractivity contribution in [2.75, 3.05) is 6.54 Å². The van der Waals surface area contributed by atoms with Gasteiger partial charge in [-0.15, -0.1) is 0 Å². The maximum atomic E-state index is 13.1. The average Bonchev–Trinajstić information content (AvgIpc) is 3.01. The number of benzene rings is 1. The minimum atomic E-state index is -0.454. The Kier molecular flexibility index (Phi) is 4.89. The van der Waals surface area contributed by atoms with E-state index in [-0.39, 0.29) is 23.9 Å². The van der Waals surface area contributed by atoms with Gasteiger partial charge in [-0.2, -0.15) is 0 Å². The standard InChI is InChI=1S/C22H30N4O2/c1-15(2)26-19(22(21(26)28)12-7-4-8-13-22)20(27)23-14-11-18-24-16-9-5-6-10-17(16)25(18)3/h5-6,9-10,15,19H,4,7-8,11-14H2,1-3H3,(H,23,27). The second kappa shape index (κ2) is 7.22. The number of rotatable bonds is 5. The van der Waals surface area contributed by atoms with Crippen molar-refractivity contribution in [2.45, 2.75) is 64.5 Å². The first-order valence-electron chi connectivity index (χ1n) is 10.5. The average molecular weight is 383 g/mol. The second-order valence-electron chi connectivity index (χ2n) is 8.54. The molecular weight excluding hydrogens is 352 g/mol. The molecule has 1 saturated carbocycles. The molecule has 6 heteroatoms. The number of carbonyl (C=O) groups is 2. The van der Waals surface area contributed by atoms with Gasteiger partial charge in [0, 0.05) is 26.1 Å². The molecule has 6 nitrogen and oxygen atoms in total. The van der Waals surface area contributed by atoms with Crippen molar-refractivity contribution in [3.63, 3.8) is 0 Å². The molecule has 2 aliphatic rings. The Morgan fingerprint density at radius 1 is 1.25 bits per heavy atom. The predicted octanol–water partition coefficient (Wildman–Crippen LogP) is 2.80. The van der Waals surface area contributed by atoms with Crippen molar-refractivity contribution in [1.82, 2.24) is 19.8 Å². The van der Waals surface area contributed by atoms with Crippen LogP contribution in [0.1, 0.15) is 51.8 Å². The van der Waals surface area contributed by atoms with E-state index in [4.69, 9.17) is 0 Å². The summed E-state index contributed by atoms with van der Waals surface area (Å²) in [6.07, 6.45) is 5.61. The van der Waals surface area contributed by atoms with Crippen LogP contribution in [0.5, 0.6) is 0 Å². The van der Waals surface area contributed by atoms with Crippen molar-refractivity contribution in [3.05, 3.63) is 30.1 Å². The van der Waals surface area contributed by atoms with Gasteiger partial charge in [0.2, 0.25) is 11.8 Å². The van der Waals surface area contributed by atoms with Crippen molar-refractivity contribution < 1.29 is 9.59 Å². The number of amides is 2. The summed E-state index contributed by atoms with van der Waals surface area (Å²) in [5.41, 5.74) is 1.62. The lowest BCUT2D eigenvalue weighted by molar-refractivity contribution is -0.185. The van der Waals surface area contributed by atoms with E-state index in [2.05, 4.69) is 20.9 Å². The summed E-state index contributed by atoms with van der Waals surface area (Å²) in [5, 5.41) is 3.10. The van der Waals surface area contributed by atoms with Crippen molar-refractivity contribution in [1.29, 1.82) is 0 Å². The number of aromatic nitrogens is 2. The summed E-state index contributed by atoms with van der Waals surface area (Å²) in [4.78, 5) is 32.4. The molecular formula is C22H30N4O2. The molecule has 1 aliphatic heterocycles. The van der Waals surface area contributed by atoms with Gasteiger partial charge in [0.25, 0.3) is 0 Å². The number of carbonyl (C=O) groups excluding carboxylic acids is 2. The molecule has 1 aromatic heterocycles. The van der Waals surface area contributed by atoms with Crippen LogP contribution in [-0.2, 0) is 23.1 Å². The minimum absolute atomic E-state index is 0.00559. The highest BCUT2D eigenvalue weighted by Gasteiger charge is 2.63. The smallest absolute Gasteiger partial charge is 0.243 e. The zero-order valence-corrected chi connectivity index (χ0v) is 17.1. The Morgan fingerprint density at radius 3 is 2.64 bits per heavy atom. The van der Waals surface area contributed by atoms with Crippen molar-refractivity contribution >= 4 is 22.8 Å². The van der Waals surface area contributed by atoms with Gasteiger partial charge in [-0.1, -0.05) is 31.4 Å². The van der Waals surface area contributed by atoms with E-state index < -0.39 is 5.41 Å². The first-order valence-corrected chi connectivity index (χ1v) is 10.5. The fourth-order valence-corrected chi connectivity index (χ4v) is 5.08. The molecule has 150 valence electrons. The summed E-state index contributed by atoms with van der Waals surface area (Å²) >= 11 is 0. The molecule has 0 radical (unpaired) electrons. The number of fused-ring (bicyclic) bond motifs is 1. The maximum Gasteiger partial charge on any atom is 0.243 e. The lowest BCUT2D eigenvalue weighted by atomic mass is 9.61. The normalized spacial score (nSPS) is 21.4. The largest absolute Gasteiger partial charge is 0.354 e. The van der Waals surface area contributed by atoms with E-state index in [0.29, 0.717) is 13.0 Å². The van der Waals surface area contributed by atoms with Crippen LogP contribution in [0.4, 0.5) is 0 Å². The highest BCUT2D eigenvalue weighted by Crippen LogP contribution is 2.50. The molecule has 2 amide bonds. The number of hydrogen-bond acceptors (Lipinski definition) is 3. The van der Waals surface area contributed by atoms with Gasteiger partial charge in [-0.25, -0.2) is 4.98 Å². The minimum Gasteiger partial charge on any atom is -0.354 e. The van der Waals surface area contributed by atoms with Crippen LogP contribution in [-0.4, -0.2) is 44.9 Å². The highest BCUT2D eigenvalue weighted by molar-refractivity contribution is 6.02. The highest BCUT2D eigenvalue weighted by atomic mass is 16.2. The van der Waals surface area contributed by atoms with Gasteiger partial charge in [0.1, 0.15) is 11.9 Å². The Hall–Kier alpha value is -2.37. The molecule has 2 heterocycles. The molecule has 1 aliphatic carbocycles. The van der Waals surface area contributed by atoms with Crippen LogP contribution < -0.4 is 5.32 Å². The number of aryl methyl sites for hydroxylation is 1. The number of likely N-dealkylation sites (tertiary alicyclic amines) is 1. The molecule has 2 fully saturated rings. The third kappa shape index (κ3) is 2.90. The third-order valence-electron chi connectivity index (χ3n) is 6.54. The fourth-order valence-electron chi connectivity index (χ4n) is 5.08. The molecule has 1 aromatic carbocycles. The number of β-lactam (4-membered cyclic amide) rings is 1. The first-order chi connectivity index (χ1) is 13.5. The van der Waals surface area contributed by atoms with Crippen molar-refractivity contribution in [2.24, 2.45) is 12.5 Å². The molecule has 0 bridgehead atoms. The summed E-state index contributed by atoms with van der Waals surface area (Å²) in [5.74, 6) is 1.13. The summed E-state index contributed by atoms with van der Waals surface area (Å²) in [6.45, 7) is 4.52. The van der Waals surface area contributed by atoms with E-state index >= 15 is 0 Å². The number of nitrogens with one attached hydrogen (secondary N) is 1. The molecule has 1 saturated heterocycles. The van der Waals surface area contributed by atoms with E-state index in [9.17, 15) is 9.59 Å². The molecule has 28 heavy (non-hydrogen) atoms. The molecule has 1 spiro atoms. The SMILES string of the molecule is CC(C)N1C(=O)C2(CCCCC2)C1C(=O)NCCc1nc2ccccc2n1C. The third-order valence-corrected chi connectivity index (χ3v) is 6.54. The number of imidazole rings is 1. The van der Waals surface area contributed by atoms with Gasteiger partial charge < -0.3 is 14.8 Å². The van der Waals surface area contributed by atoms with Crippen LogP contribution >= 0.6 is 0 Å². The van der Waals surface area contributed by atoms with Crippen LogP contribution in [0.15, 0.2) is 24.3 Å². The number of para-hydroxylation sites is 2. The quantitative estimate of drug-likeness (QED) is 0.809. The van der Waals surface area contributed by atoms with Crippen LogP contribution in [0.25, 0.3) is 11.0 Å². The van der Waals surface area contributed by atoms with Gasteiger partial charge in [0.05, 0.1) is 16.4 Å². The molecule has 1 unspecified atom stereocenters. The Bertz CT molecular complexity index is 895. The van der Waals surface area contributed by atoms with Crippen LogP contribution in [0.2, 0.25) is 0 Å². The Morgan fingerprint density at radius 2 is 1.96 bits per heavy atom. The predicted molar refractivity (Wildman–Crippen MR) is 109 cm³/mol. The van der Waals surface area contributed by atoms with Gasteiger partial charge in [-0.05, 0) is 38.8 Å². The second-order valence-corrected chi connectivity index (χ2v) is 8.54. The van der Waals surface area contributed by atoms with Gasteiger partial charge in [-0.3, -0.25) is 9.59 Å².